The fourth-order valence-corrected chi connectivity index (χ4v) is 7.30. The zero-order valence-electron chi connectivity index (χ0n) is 20.4. The first-order valence-corrected chi connectivity index (χ1v) is 14.6. The van der Waals surface area contributed by atoms with E-state index in [0.717, 1.165) is 11.4 Å². The van der Waals surface area contributed by atoms with E-state index in [1.54, 1.807) is 18.4 Å². The minimum absolute atomic E-state index is 0.0214. The molecular weight excluding hydrogens is 499 g/mol. The number of nitrogens with zero attached hydrogens (tertiary/aromatic N) is 4. The van der Waals surface area contributed by atoms with Gasteiger partial charge in [-0.05, 0) is 20.8 Å². The first-order valence-electron chi connectivity index (χ1n) is 11.4. The van der Waals surface area contributed by atoms with E-state index in [0.29, 0.717) is 23.5 Å². The maximum Gasteiger partial charge on any atom is 0.327 e. The minimum atomic E-state index is -3.49. The summed E-state index contributed by atoms with van der Waals surface area (Å²) < 4.78 is 37.3. The number of fused-ring (bicyclic) bond motifs is 1. The SMILES string of the molecule is CCOC(=O)[C@H](C)NP(=O)(OC[C@H]1O[C@@H](n2cnc3c(OCC)nc(N)nc32)[C@@H](C)[C@@H]1O)SCC. The van der Waals surface area contributed by atoms with E-state index >= 15 is 0 Å². The van der Waals surface area contributed by atoms with Crippen molar-refractivity contribution >= 4 is 41.2 Å². The lowest BCUT2D eigenvalue weighted by molar-refractivity contribution is -0.144. The van der Waals surface area contributed by atoms with Crippen LogP contribution in [0.1, 0.15) is 40.8 Å². The van der Waals surface area contributed by atoms with Gasteiger partial charge in [0.25, 0.3) is 0 Å². The van der Waals surface area contributed by atoms with Crippen LogP contribution in [0.25, 0.3) is 11.2 Å². The number of nitrogen functional groups attached to an aromatic ring is 1. The summed E-state index contributed by atoms with van der Waals surface area (Å²) in [6, 6.07) is -0.831. The zero-order chi connectivity index (χ0) is 25.8. The summed E-state index contributed by atoms with van der Waals surface area (Å²) in [4.78, 5) is 24.7. The van der Waals surface area contributed by atoms with Crippen molar-refractivity contribution in [1.29, 1.82) is 0 Å². The number of carbonyl (C=O) groups excluding carboxylic acids is 1. The summed E-state index contributed by atoms with van der Waals surface area (Å²) >= 11 is 1.05. The Morgan fingerprint density at radius 3 is 2.77 bits per heavy atom. The number of aliphatic hydroxyl groups excluding tert-OH is 1. The molecule has 0 saturated carbocycles. The molecule has 0 bridgehead atoms. The van der Waals surface area contributed by atoms with Gasteiger partial charge in [-0.25, -0.2) is 10.1 Å². The van der Waals surface area contributed by atoms with E-state index in [1.165, 1.54) is 6.33 Å². The molecule has 0 amide bonds. The average Bonchev–Trinajstić information content (AvgIpc) is 3.34. The molecular formula is C20H33N6O7PS. The lowest BCUT2D eigenvalue weighted by Crippen LogP contribution is -2.35. The van der Waals surface area contributed by atoms with Crippen LogP contribution in [0, 0.1) is 5.92 Å². The van der Waals surface area contributed by atoms with E-state index < -0.39 is 37.2 Å². The molecule has 196 valence electrons. The Morgan fingerprint density at radius 1 is 1.37 bits per heavy atom. The van der Waals surface area contributed by atoms with Crippen LogP contribution in [0.3, 0.4) is 0 Å². The van der Waals surface area contributed by atoms with Crippen molar-refractivity contribution in [2.45, 2.75) is 59.1 Å². The predicted octanol–water partition coefficient (Wildman–Crippen LogP) is 2.12. The molecule has 0 spiro atoms. The number of imidazole rings is 1. The fourth-order valence-electron chi connectivity index (χ4n) is 3.69. The van der Waals surface area contributed by atoms with E-state index in [9.17, 15) is 14.5 Å². The molecule has 1 aliphatic heterocycles. The normalized spacial score (nSPS) is 24.9. The van der Waals surface area contributed by atoms with Crippen LogP contribution in [0.4, 0.5) is 5.95 Å². The number of aromatic nitrogens is 4. The molecule has 1 unspecified atom stereocenters. The van der Waals surface area contributed by atoms with Crippen LogP contribution in [-0.2, 0) is 23.4 Å². The third-order valence-corrected chi connectivity index (χ3v) is 9.56. The van der Waals surface area contributed by atoms with E-state index in [1.807, 2.05) is 20.8 Å². The highest BCUT2D eigenvalue weighted by Crippen LogP contribution is 2.56. The molecule has 35 heavy (non-hydrogen) atoms. The molecule has 0 aromatic carbocycles. The molecule has 3 rings (SSSR count). The number of carbonyl (C=O) groups is 1. The average molecular weight is 533 g/mol. The number of nitrogens with two attached hydrogens (primary N) is 1. The highest BCUT2D eigenvalue weighted by Gasteiger charge is 2.44. The van der Waals surface area contributed by atoms with Crippen molar-refractivity contribution in [2.75, 3.05) is 31.3 Å². The van der Waals surface area contributed by atoms with Gasteiger partial charge in [-0.2, -0.15) is 9.97 Å². The second-order valence-electron chi connectivity index (χ2n) is 7.87. The van der Waals surface area contributed by atoms with Gasteiger partial charge in [0.1, 0.15) is 18.4 Å². The maximum atomic E-state index is 13.3. The highest BCUT2D eigenvalue weighted by molar-refractivity contribution is 8.56. The molecule has 4 N–H and O–H groups in total. The van der Waals surface area contributed by atoms with Crippen molar-refractivity contribution < 1.29 is 33.2 Å². The Hall–Kier alpha value is -1.96. The number of aliphatic hydroxyl groups is 1. The van der Waals surface area contributed by atoms with E-state index in [-0.39, 0.29) is 31.0 Å². The predicted molar refractivity (Wildman–Crippen MR) is 131 cm³/mol. The van der Waals surface area contributed by atoms with Gasteiger partial charge < -0.3 is 29.6 Å². The van der Waals surface area contributed by atoms with Crippen molar-refractivity contribution in [2.24, 2.45) is 5.92 Å². The number of rotatable bonds is 12. The van der Waals surface area contributed by atoms with Gasteiger partial charge in [0.2, 0.25) is 11.8 Å². The lowest BCUT2D eigenvalue weighted by atomic mass is 10.0. The Kier molecular flexibility index (Phi) is 9.35. The molecule has 3 heterocycles. The number of nitrogens with one attached hydrogen (secondary N) is 1. The van der Waals surface area contributed by atoms with Gasteiger partial charge in [0.05, 0.1) is 32.3 Å². The van der Waals surface area contributed by atoms with Gasteiger partial charge >= 0.3 is 12.7 Å². The van der Waals surface area contributed by atoms with Gasteiger partial charge in [0.15, 0.2) is 11.2 Å². The van der Waals surface area contributed by atoms with Gasteiger partial charge in [-0.1, -0.05) is 25.2 Å². The Labute approximate surface area is 207 Å². The van der Waals surface area contributed by atoms with Crippen LogP contribution in [0.15, 0.2) is 6.33 Å². The van der Waals surface area contributed by atoms with Crippen LogP contribution in [0.5, 0.6) is 5.88 Å². The van der Waals surface area contributed by atoms with Crippen molar-refractivity contribution in [3.05, 3.63) is 6.33 Å². The van der Waals surface area contributed by atoms with E-state index in [4.69, 9.17) is 24.5 Å². The van der Waals surface area contributed by atoms with Gasteiger partial charge in [-0.15, -0.1) is 0 Å². The van der Waals surface area contributed by atoms with Crippen molar-refractivity contribution in [3.63, 3.8) is 0 Å². The maximum absolute atomic E-state index is 13.3. The molecule has 1 aliphatic rings. The van der Waals surface area contributed by atoms with Crippen LogP contribution < -0.4 is 15.6 Å². The highest BCUT2D eigenvalue weighted by atomic mass is 32.7. The fraction of sp³-hybridized carbons (Fsp3) is 0.700. The zero-order valence-corrected chi connectivity index (χ0v) is 22.1. The molecule has 1 fully saturated rings. The first kappa shape index (κ1) is 27.6. The molecule has 6 atom stereocenters. The molecule has 2 aromatic rings. The van der Waals surface area contributed by atoms with Crippen LogP contribution in [-0.4, -0.2) is 74.4 Å². The van der Waals surface area contributed by atoms with E-state index in [2.05, 4.69) is 20.0 Å². The molecule has 2 aromatic heterocycles. The second kappa shape index (κ2) is 11.8. The summed E-state index contributed by atoms with van der Waals surface area (Å²) in [6.07, 6.45) is -0.829. The quantitative estimate of drug-likeness (QED) is 0.268. The number of hydrogen-bond acceptors (Lipinski definition) is 12. The summed E-state index contributed by atoms with van der Waals surface area (Å²) in [5.41, 5.74) is 6.68. The summed E-state index contributed by atoms with van der Waals surface area (Å²) in [5.74, 6) is -0.139. The molecule has 1 saturated heterocycles. The number of anilines is 1. The summed E-state index contributed by atoms with van der Waals surface area (Å²) in [7, 11) is 0. The largest absolute Gasteiger partial charge is 0.476 e. The number of esters is 1. The minimum Gasteiger partial charge on any atom is -0.476 e. The summed E-state index contributed by atoms with van der Waals surface area (Å²) in [5, 5.41) is 13.6. The lowest BCUT2D eigenvalue weighted by Gasteiger charge is -2.24. The number of hydrogen-bond donors (Lipinski definition) is 3. The molecule has 0 aliphatic carbocycles. The van der Waals surface area contributed by atoms with Crippen molar-refractivity contribution in [3.8, 4) is 5.88 Å². The molecule has 0 radical (unpaired) electrons. The Morgan fingerprint density at radius 2 is 2.11 bits per heavy atom. The van der Waals surface area contributed by atoms with Gasteiger partial charge in [0, 0.05) is 11.7 Å². The monoisotopic (exact) mass is 532 g/mol. The van der Waals surface area contributed by atoms with Crippen molar-refractivity contribution in [1.82, 2.24) is 24.6 Å². The molecule has 13 nitrogen and oxygen atoms in total. The summed E-state index contributed by atoms with van der Waals surface area (Å²) in [6.45, 7) is 5.65. The molecule has 15 heteroatoms. The topological polar surface area (TPSA) is 173 Å². The standard InChI is InChI=1S/C20H33N6O7PS/c1-6-30-17-14-16(23-20(21)24-17)26(10-22-14)18-11(4)15(27)13(33-18)9-32-34(29,35-8-3)25-12(5)19(28)31-7-2/h10-13,15,18,27H,6-9H2,1-5H3,(H,25,29)(H2,21,23,24)/t11-,12-,13+,15-,18+,34?/m0/s1. The third kappa shape index (κ3) is 6.25. The third-order valence-electron chi connectivity index (χ3n) is 5.35. The first-order chi connectivity index (χ1) is 16.6. The second-order valence-corrected chi connectivity index (χ2v) is 12.4. The number of ether oxygens (including phenoxy) is 3. The smallest absolute Gasteiger partial charge is 0.327 e. The Balaban J connectivity index is 1.75. The Bertz CT molecular complexity index is 1070. The van der Waals surface area contributed by atoms with Gasteiger partial charge in [-0.3, -0.25) is 13.9 Å². The van der Waals surface area contributed by atoms with Crippen LogP contribution in [0.2, 0.25) is 0 Å². The van der Waals surface area contributed by atoms with Crippen LogP contribution >= 0.6 is 18.1 Å².